The van der Waals surface area contributed by atoms with Gasteiger partial charge in [-0.3, -0.25) is 0 Å². The molecule has 0 N–H and O–H groups in total. The van der Waals surface area contributed by atoms with E-state index < -0.39 is 0 Å². The SMILES string of the molecule is O=CCc1ccnc(Br)n1. The van der Waals surface area contributed by atoms with Crippen LogP contribution in [-0.2, 0) is 11.2 Å². The molecule has 0 amide bonds. The van der Waals surface area contributed by atoms with Gasteiger partial charge >= 0.3 is 0 Å². The topological polar surface area (TPSA) is 42.9 Å². The van der Waals surface area contributed by atoms with Crippen molar-refractivity contribution in [3.05, 3.63) is 22.7 Å². The number of carbonyl (C=O) groups is 1. The summed E-state index contributed by atoms with van der Waals surface area (Å²) in [6.07, 6.45) is 2.77. The van der Waals surface area contributed by atoms with E-state index in [1.165, 1.54) is 0 Å². The maximum absolute atomic E-state index is 10.0. The van der Waals surface area contributed by atoms with Crippen LogP contribution < -0.4 is 0 Å². The highest BCUT2D eigenvalue weighted by molar-refractivity contribution is 9.10. The van der Waals surface area contributed by atoms with Gasteiger partial charge in [0.15, 0.2) is 4.73 Å². The summed E-state index contributed by atoms with van der Waals surface area (Å²) in [5.74, 6) is 0. The molecule has 4 heteroatoms. The van der Waals surface area contributed by atoms with E-state index in [9.17, 15) is 4.79 Å². The van der Waals surface area contributed by atoms with Crippen LogP contribution in [0.1, 0.15) is 5.69 Å². The van der Waals surface area contributed by atoms with Crippen molar-refractivity contribution in [2.75, 3.05) is 0 Å². The molecule has 1 aromatic rings. The molecular weight excluding hydrogens is 196 g/mol. The first-order valence-electron chi connectivity index (χ1n) is 2.74. The fraction of sp³-hybridized carbons (Fsp3) is 0.167. The second kappa shape index (κ2) is 3.41. The van der Waals surface area contributed by atoms with Crippen LogP contribution in [0.4, 0.5) is 0 Å². The number of rotatable bonds is 2. The maximum atomic E-state index is 10.0. The number of hydrogen-bond acceptors (Lipinski definition) is 3. The molecule has 0 saturated heterocycles. The first-order chi connectivity index (χ1) is 4.83. The van der Waals surface area contributed by atoms with E-state index in [0.29, 0.717) is 11.2 Å². The lowest BCUT2D eigenvalue weighted by atomic mass is 10.3. The van der Waals surface area contributed by atoms with Crippen molar-refractivity contribution < 1.29 is 4.79 Å². The number of carbonyl (C=O) groups excluding carboxylic acids is 1. The minimum absolute atomic E-state index is 0.348. The molecule has 0 radical (unpaired) electrons. The first-order valence-corrected chi connectivity index (χ1v) is 3.53. The molecule has 1 rings (SSSR count). The average Bonchev–Trinajstić information content (AvgIpc) is 1.88. The fourth-order valence-corrected chi connectivity index (χ4v) is 0.914. The first kappa shape index (κ1) is 7.34. The highest BCUT2D eigenvalue weighted by Crippen LogP contribution is 2.01. The van der Waals surface area contributed by atoms with E-state index in [-0.39, 0.29) is 0 Å². The summed E-state index contributed by atoms with van der Waals surface area (Å²) in [5, 5.41) is 0. The van der Waals surface area contributed by atoms with Crippen LogP contribution in [-0.4, -0.2) is 16.3 Å². The normalized spacial score (nSPS) is 9.30. The number of halogens is 1. The van der Waals surface area contributed by atoms with Crippen LogP contribution in [0.2, 0.25) is 0 Å². The minimum Gasteiger partial charge on any atom is -0.303 e. The molecule has 52 valence electrons. The quantitative estimate of drug-likeness (QED) is 0.529. The molecule has 3 nitrogen and oxygen atoms in total. The molecule has 0 unspecified atom stereocenters. The van der Waals surface area contributed by atoms with Gasteiger partial charge in [-0.1, -0.05) is 0 Å². The Morgan fingerprint density at radius 3 is 3.10 bits per heavy atom. The summed E-state index contributed by atoms with van der Waals surface area (Å²) in [6, 6.07) is 1.71. The van der Waals surface area contributed by atoms with Crippen molar-refractivity contribution in [1.82, 2.24) is 9.97 Å². The molecule has 1 aromatic heterocycles. The van der Waals surface area contributed by atoms with E-state index in [2.05, 4.69) is 25.9 Å². The molecule has 10 heavy (non-hydrogen) atoms. The van der Waals surface area contributed by atoms with Gasteiger partial charge in [-0.15, -0.1) is 0 Å². The zero-order chi connectivity index (χ0) is 7.40. The molecular formula is C6H5BrN2O. The van der Waals surface area contributed by atoms with Crippen LogP contribution in [0.15, 0.2) is 17.0 Å². The summed E-state index contributed by atoms with van der Waals surface area (Å²) >= 11 is 3.09. The molecule has 0 fully saturated rings. The number of nitrogens with zero attached hydrogens (tertiary/aromatic N) is 2. The van der Waals surface area contributed by atoms with Gasteiger partial charge in [0.25, 0.3) is 0 Å². The third-order valence-corrected chi connectivity index (χ3v) is 1.36. The van der Waals surface area contributed by atoms with Gasteiger partial charge < -0.3 is 4.79 Å². The van der Waals surface area contributed by atoms with Crippen LogP contribution in [0.3, 0.4) is 0 Å². The van der Waals surface area contributed by atoms with Gasteiger partial charge in [0.05, 0.1) is 5.69 Å². The van der Waals surface area contributed by atoms with Gasteiger partial charge in [0.1, 0.15) is 6.29 Å². The van der Waals surface area contributed by atoms with Crippen molar-refractivity contribution in [2.24, 2.45) is 0 Å². The average molecular weight is 201 g/mol. The largest absolute Gasteiger partial charge is 0.303 e. The molecule has 0 aliphatic heterocycles. The standard InChI is InChI=1S/C6H5BrN2O/c7-6-8-3-1-5(9-6)2-4-10/h1,3-4H,2H2. The van der Waals surface area contributed by atoms with Crippen LogP contribution in [0.5, 0.6) is 0 Å². The second-order valence-corrected chi connectivity index (χ2v) is 2.40. The molecule has 0 aliphatic rings. The van der Waals surface area contributed by atoms with Crippen molar-refractivity contribution in [2.45, 2.75) is 6.42 Å². The Labute approximate surface area is 66.6 Å². The monoisotopic (exact) mass is 200 g/mol. The highest BCUT2D eigenvalue weighted by Gasteiger charge is 1.93. The zero-order valence-electron chi connectivity index (χ0n) is 5.12. The van der Waals surface area contributed by atoms with Gasteiger partial charge in [-0.25, -0.2) is 9.97 Å². The lowest BCUT2D eigenvalue weighted by Crippen LogP contribution is -1.91. The van der Waals surface area contributed by atoms with E-state index in [1.807, 2.05) is 0 Å². The van der Waals surface area contributed by atoms with Crippen LogP contribution in [0, 0.1) is 0 Å². The van der Waals surface area contributed by atoms with E-state index in [4.69, 9.17) is 0 Å². The van der Waals surface area contributed by atoms with Gasteiger partial charge in [-0.2, -0.15) is 0 Å². The molecule has 1 heterocycles. The number of aldehydes is 1. The summed E-state index contributed by atoms with van der Waals surface area (Å²) < 4.78 is 0.520. The molecule has 0 saturated carbocycles. The molecule has 0 bridgehead atoms. The summed E-state index contributed by atoms with van der Waals surface area (Å²) in [7, 11) is 0. The predicted molar refractivity (Wildman–Crippen MR) is 39.5 cm³/mol. The Bertz CT molecular complexity index is 239. The highest BCUT2D eigenvalue weighted by atomic mass is 79.9. The minimum atomic E-state index is 0.348. The lowest BCUT2D eigenvalue weighted by Gasteiger charge is -1.91. The molecule has 0 aliphatic carbocycles. The smallest absolute Gasteiger partial charge is 0.196 e. The Morgan fingerprint density at radius 1 is 1.70 bits per heavy atom. The summed E-state index contributed by atoms with van der Waals surface area (Å²) in [6.45, 7) is 0. The summed E-state index contributed by atoms with van der Waals surface area (Å²) in [4.78, 5) is 17.8. The third-order valence-electron chi connectivity index (χ3n) is 0.976. The van der Waals surface area contributed by atoms with Crippen LogP contribution >= 0.6 is 15.9 Å². The van der Waals surface area contributed by atoms with E-state index in [0.717, 1.165) is 12.0 Å². The van der Waals surface area contributed by atoms with Gasteiger partial charge in [0, 0.05) is 12.6 Å². The Hall–Kier alpha value is -0.770. The fourth-order valence-electron chi connectivity index (χ4n) is 0.569. The van der Waals surface area contributed by atoms with E-state index in [1.54, 1.807) is 12.3 Å². The van der Waals surface area contributed by atoms with E-state index >= 15 is 0 Å². The maximum Gasteiger partial charge on any atom is 0.196 e. The number of hydrogen-bond donors (Lipinski definition) is 0. The Balaban J connectivity index is 2.84. The zero-order valence-corrected chi connectivity index (χ0v) is 6.71. The van der Waals surface area contributed by atoms with Gasteiger partial charge in [0.2, 0.25) is 0 Å². The third kappa shape index (κ3) is 1.88. The van der Waals surface area contributed by atoms with Crippen molar-refractivity contribution in [3.63, 3.8) is 0 Å². The Kier molecular flexibility index (Phi) is 2.50. The van der Waals surface area contributed by atoms with Crippen LogP contribution in [0.25, 0.3) is 0 Å². The second-order valence-electron chi connectivity index (χ2n) is 1.69. The lowest BCUT2D eigenvalue weighted by molar-refractivity contribution is -0.107. The Morgan fingerprint density at radius 2 is 2.50 bits per heavy atom. The van der Waals surface area contributed by atoms with Crippen molar-refractivity contribution in [1.29, 1.82) is 0 Å². The van der Waals surface area contributed by atoms with Crippen molar-refractivity contribution in [3.8, 4) is 0 Å². The molecule has 0 spiro atoms. The van der Waals surface area contributed by atoms with Crippen molar-refractivity contribution >= 4 is 22.2 Å². The summed E-state index contributed by atoms with van der Waals surface area (Å²) in [5.41, 5.74) is 0.733. The molecule has 0 aromatic carbocycles. The molecule has 0 atom stereocenters. The van der Waals surface area contributed by atoms with Gasteiger partial charge in [-0.05, 0) is 22.0 Å². The predicted octanol–water partition coefficient (Wildman–Crippen LogP) is 0.980. The number of aromatic nitrogens is 2.